The first kappa shape index (κ1) is 14.3. The van der Waals surface area contributed by atoms with E-state index in [-0.39, 0.29) is 0 Å². The van der Waals surface area contributed by atoms with Crippen LogP contribution >= 0.6 is 0 Å². The maximum Gasteiger partial charge on any atom is 0.0252 e. The summed E-state index contributed by atoms with van der Waals surface area (Å²) in [6.45, 7) is 7.26. The van der Waals surface area contributed by atoms with E-state index < -0.39 is 0 Å². The van der Waals surface area contributed by atoms with Crippen molar-refractivity contribution in [2.75, 3.05) is 27.2 Å². The van der Waals surface area contributed by atoms with Crippen LogP contribution in [-0.4, -0.2) is 55.1 Å². The maximum absolute atomic E-state index is 6.39. The Hall–Kier alpha value is -0.120. The largest absolute Gasteiger partial charge is 0.326 e. The van der Waals surface area contributed by atoms with Crippen molar-refractivity contribution in [2.45, 2.75) is 64.1 Å². The van der Waals surface area contributed by atoms with Crippen molar-refractivity contribution in [2.24, 2.45) is 11.1 Å². The maximum atomic E-state index is 6.39. The van der Waals surface area contributed by atoms with Gasteiger partial charge >= 0.3 is 0 Å². The Morgan fingerprint density at radius 1 is 1.28 bits per heavy atom. The normalized spacial score (nSPS) is 38.0. The Bertz CT molecular complexity index is 277. The fourth-order valence-corrected chi connectivity index (χ4v) is 3.76. The van der Waals surface area contributed by atoms with E-state index in [1.165, 1.54) is 45.2 Å². The molecule has 1 aliphatic carbocycles. The molecule has 1 saturated carbocycles. The highest BCUT2D eigenvalue weighted by molar-refractivity contribution is 4.94. The van der Waals surface area contributed by atoms with Gasteiger partial charge in [0.2, 0.25) is 0 Å². The summed E-state index contributed by atoms with van der Waals surface area (Å²) in [7, 11) is 4.54. The first-order chi connectivity index (χ1) is 8.39. The van der Waals surface area contributed by atoms with Crippen LogP contribution in [0.5, 0.6) is 0 Å². The van der Waals surface area contributed by atoms with Crippen LogP contribution in [0.1, 0.15) is 46.0 Å². The molecule has 0 bridgehead atoms. The van der Waals surface area contributed by atoms with Crippen LogP contribution in [0.3, 0.4) is 0 Å². The van der Waals surface area contributed by atoms with Crippen molar-refractivity contribution in [3.05, 3.63) is 0 Å². The lowest BCUT2D eigenvalue weighted by atomic mass is 9.72. The van der Waals surface area contributed by atoms with Gasteiger partial charge in [-0.2, -0.15) is 0 Å². The molecule has 106 valence electrons. The summed E-state index contributed by atoms with van der Waals surface area (Å²) < 4.78 is 0. The standard InChI is InChI=1S/C15H31N3/c1-15(2)8-7-13(16)14(10-15)18(4)12-6-5-9-17(3)11-12/h12-14H,5-11,16H2,1-4H3. The summed E-state index contributed by atoms with van der Waals surface area (Å²) >= 11 is 0. The lowest BCUT2D eigenvalue weighted by molar-refractivity contribution is 0.0394. The van der Waals surface area contributed by atoms with Crippen molar-refractivity contribution in [1.29, 1.82) is 0 Å². The Balaban J connectivity index is 1.99. The molecule has 0 radical (unpaired) electrons. The molecule has 2 rings (SSSR count). The Labute approximate surface area is 113 Å². The van der Waals surface area contributed by atoms with E-state index in [1.807, 2.05) is 0 Å². The van der Waals surface area contributed by atoms with E-state index in [2.05, 4.69) is 37.7 Å². The first-order valence-electron chi connectivity index (χ1n) is 7.55. The minimum atomic E-state index is 0.371. The number of likely N-dealkylation sites (tertiary alicyclic amines) is 1. The fourth-order valence-electron chi connectivity index (χ4n) is 3.76. The first-order valence-corrected chi connectivity index (χ1v) is 7.55. The van der Waals surface area contributed by atoms with Gasteiger partial charge in [-0.1, -0.05) is 13.8 Å². The van der Waals surface area contributed by atoms with E-state index in [0.29, 0.717) is 23.5 Å². The van der Waals surface area contributed by atoms with Crippen molar-refractivity contribution in [1.82, 2.24) is 9.80 Å². The van der Waals surface area contributed by atoms with Crippen LogP contribution in [0.4, 0.5) is 0 Å². The highest BCUT2D eigenvalue weighted by atomic mass is 15.2. The molecule has 3 unspecified atom stereocenters. The van der Waals surface area contributed by atoms with Crippen LogP contribution in [0, 0.1) is 5.41 Å². The van der Waals surface area contributed by atoms with Crippen molar-refractivity contribution < 1.29 is 0 Å². The molecule has 1 aliphatic heterocycles. The number of hydrogen-bond acceptors (Lipinski definition) is 3. The summed E-state index contributed by atoms with van der Waals surface area (Å²) in [5.41, 5.74) is 6.85. The summed E-state index contributed by atoms with van der Waals surface area (Å²) in [5.74, 6) is 0. The lowest BCUT2D eigenvalue weighted by Gasteiger charge is -2.47. The van der Waals surface area contributed by atoms with E-state index in [0.717, 1.165) is 0 Å². The minimum absolute atomic E-state index is 0.371. The molecule has 0 spiro atoms. The van der Waals surface area contributed by atoms with E-state index >= 15 is 0 Å². The van der Waals surface area contributed by atoms with Gasteiger partial charge in [-0.05, 0) is 58.2 Å². The Kier molecular flexibility index (Phi) is 4.35. The predicted octanol–water partition coefficient (Wildman–Crippen LogP) is 1.92. The van der Waals surface area contributed by atoms with Crippen LogP contribution in [0.25, 0.3) is 0 Å². The van der Waals surface area contributed by atoms with Gasteiger partial charge in [0.05, 0.1) is 0 Å². The molecule has 0 aromatic carbocycles. The van der Waals surface area contributed by atoms with Gasteiger partial charge in [-0.15, -0.1) is 0 Å². The zero-order valence-corrected chi connectivity index (χ0v) is 12.7. The quantitative estimate of drug-likeness (QED) is 0.816. The van der Waals surface area contributed by atoms with Crippen LogP contribution in [-0.2, 0) is 0 Å². The van der Waals surface area contributed by atoms with Crippen molar-refractivity contribution in [3.8, 4) is 0 Å². The molecule has 2 fully saturated rings. The molecule has 0 amide bonds. The molecule has 3 atom stereocenters. The fraction of sp³-hybridized carbons (Fsp3) is 1.00. The number of rotatable bonds is 2. The lowest BCUT2D eigenvalue weighted by Crippen LogP contribution is -2.57. The van der Waals surface area contributed by atoms with Gasteiger partial charge in [0.1, 0.15) is 0 Å². The summed E-state index contributed by atoms with van der Waals surface area (Å²) in [6.07, 6.45) is 6.39. The zero-order chi connectivity index (χ0) is 13.3. The summed E-state index contributed by atoms with van der Waals surface area (Å²) in [4.78, 5) is 5.06. The second-order valence-electron chi connectivity index (χ2n) is 7.36. The third kappa shape index (κ3) is 3.25. The van der Waals surface area contributed by atoms with Gasteiger partial charge in [-0.25, -0.2) is 0 Å². The molecule has 0 aromatic rings. The number of likely N-dealkylation sites (N-methyl/N-ethyl adjacent to an activating group) is 2. The summed E-state index contributed by atoms with van der Waals surface area (Å²) in [6, 6.07) is 1.65. The number of nitrogens with two attached hydrogens (primary N) is 1. The van der Waals surface area contributed by atoms with Crippen molar-refractivity contribution >= 4 is 0 Å². The molecule has 2 N–H and O–H groups in total. The molecular formula is C15H31N3. The number of hydrogen-bond donors (Lipinski definition) is 1. The highest BCUT2D eigenvalue weighted by Gasteiger charge is 2.37. The third-order valence-corrected chi connectivity index (χ3v) is 5.11. The van der Waals surface area contributed by atoms with Gasteiger partial charge in [-0.3, -0.25) is 4.90 Å². The van der Waals surface area contributed by atoms with Gasteiger partial charge in [0.15, 0.2) is 0 Å². The molecular weight excluding hydrogens is 222 g/mol. The van der Waals surface area contributed by atoms with Gasteiger partial charge in [0.25, 0.3) is 0 Å². The van der Waals surface area contributed by atoms with Crippen LogP contribution < -0.4 is 5.73 Å². The van der Waals surface area contributed by atoms with E-state index in [1.54, 1.807) is 0 Å². The third-order valence-electron chi connectivity index (χ3n) is 5.11. The summed E-state index contributed by atoms with van der Waals surface area (Å²) in [5, 5.41) is 0. The Morgan fingerprint density at radius 3 is 2.67 bits per heavy atom. The minimum Gasteiger partial charge on any atom is -0.326 e. The second kappa shape index (κ2) is 5.48. The van der Waals surface area contributed by atoms with Gasteiger partial charge < -0.3 is 10.6 Å². The molecule has 3 nitrogen and oxygen atoms in total. The molecule has 18 heavy (non-hydrogen) atoms. The molecule has 1 saturated heterocycles. The molecule has 1 heterocycles. The van der Waals surface area contributed by atoms with Crippen molar-refractivity contribution in [3.63, 3.8) is 0 Å². The number of nitrogens with zero attached hydrogens (tertiary/aromatic N) is 2. The zero-order valence-electron chi connectivity index (χ0n) is 12.7. The SMILES string of the molecule is CN1CCCC(N(C)C2CC(C)(C)CCC2N)C1. The van der Waals surface area contributed by atoms with Crippen LogP contribution in [0.2, 0.25) is 0 Å². The van der Waals surface area contributed by atoms with E-state index in [9.17, 15) is 0 Å². The highest BCUT2D eigenvalue weighted by Crippen LogP contribution is 2.37. The average molecular weight is 253 g/mol. The molecule has 3 heteroatoms. The predicted molar refractivity (Wildman–Crippen MR) is 77.7 cm³/mol. The monoisotopic (exact) mass is 253 g/mol. The Morgan fingerprint density at radius 2 is 2.00 bits per heavy atom. The van der Waals surface area contributed by atoms with Gasteiger partial charge in [0, 0.05) is 24.7 Å². The topological polar surface area (TPSA) is 32.5 Å². The molecule has 0 aromatic heterocycles. The van der Waals surface area contributed by atoms with Crippen LogP contribution in [0.15, 0.2) is 0 Å². The smallest absolute Gasteiger partial charge is 0.0252 e. The molecule has 2 aliphatic rings. The number of piperidine rings is 1. The van der Waals surface area contributed by atoms with E-state index in [4.69, 9.17) is 5.73 Å². The average Bonchev–Trinajstić information content (AvgIpc) is 2.31. The second-order valence-corrected chi connectivity index (χ2v) is 7.36.